The molecule has 3 nitrogen and oxygen atoms in total. The maximum absolute atomic E-state index is 5.70. The van der Waals surface area contributed by atoms with Gasteiger partial charge in [0.15, 0.2) is 0 Å². The first-order valence-corrected chi connectivity index (χ1v) is 6.99. The zero-order valence-electron chi connectivity index (χ0n) is 12.8. The third-order valence-corrected chi connectivity index (χ3v) is 2.77. The summed E-state index contributed by atoms with van der Waals surface area (Å²) in [4.78, 5) is 0. The van der Waals surface area contributed by atoms with Gasteiger partial charge in [-0.2, -0.15) is 0 Å². The maximum Gasteiger partial charge on any atom is 0.124 e. The summed E-state index contributed by atoms with van der Waals surface area (Å²) in [6.45, 7) is 10.9. The van der Waals surface area contributed by atoms with E-state index in [1.165, 1.54) is 5.56 Å². The van der Waals surface area contributed by atoms with Crippen LogP contribution in [0.1, 0.15) is 38.8 Å². The standard InChI is InChI=1S/C16H27NO2/c1-12(2)10-19-11-15-8-14(9-17-13(3)4)6-7-16(15)18-5/h6-8,12-13,17H,9-11H2,1-5H3. The molecule has 0 aliphatic rings. The summed E-state index contributed by atoms with van der Waals surface area (Å²) in [5.41, 5.74) is 2.38. The molecule has 1 N–H and O–H groups in total. The number of ether oxygens (including phenoxy) is 2. The van der Waals surface area contributed by atoms with E-state index in [0.29, 0.717) is 18.6 Å². The number of methoxy groups -OCH3 is 1. The summed E-state index contributed by atoms with van der Waals surface area (Å²) in [6, 6.07) is 6.77. The Morgan fingerprint density at radius 1 is 1.16 bits per heavy atom. The van der Waals surface area contributed by atoms with Gasteiger partial charge in [0.25, 0.3) is 0 Å². The monoisotopic (exact) mass is 265 g/mol. The molecule has 1 aromatic rings. The van der Waals surface area contributed by atoms with Crippen molar-refractivity contribution in [3.63, 3.8) is 0 Å². The summed E-state index contributed by atoms with van der Waals surface area (Å²) >= 11 is 0. The molecule has 1 rings (SSSR count). The van der Waals surface area contributed by atoms with Gasteiger partial charge in [0, 0.05) is 24.8 Å². The van der Waals surface area contributed by atoms with Crippen LogP contribution in [0, 0.1) is 5.92 Å². The zero-order chi connectivity index (χ0) is 14.3. The molecular formula is C16H27NO2. The number of rotatable bonds is 8. The first-order valence-electron chi connectivity index (χ1n) is 6.99. The van der Waals surface area contributed by atoms with Gasteiger partial charge in [-0.15, -0.1) is 0 Å². The van der Waals surface area contributed by atoms with E-state index in [0.717, 1.165) is 24.5 Å². The molecule has 0 aliphatic heterocycles. The molecule has 0 spiro atoms. The molecule has 0 heterocycles. The molecular weight excluding hydrogens is 238 g/mol. The van der Waals surface area contributed by atoms with Crippen LogP contribution in [0.15, 0.2) is 18.2 Å². The fourth-order valence-electron chi connectivity index (χ4n) is 1.78. The van der Waals surface area contributed by atoms with Gasteiger partial charge in [0.2, 0.25) is 0 Å². The van der Waals surface area contributed by atoms with Crippen molar-refractivity contribution in [1.82, 2.24) is 5.32 Å². The van der Waals surface area contributed by atoms with Gasteiger partial charge in [0.1, 0.15) is 5.75 Å². The van der Waals surface area contributed by atoms with E-state index in [2.05, 4.69) is 45.1 Å². The summed E-state index contributed by atoms with van der Waals surface area (Å²) < 4.78 is 11.1. The second-order valence-corrected chi connectivity index (χ2v) is 5.59. The number of hydrogen-bond acceptors (Lipinski definition) is 3. The second-order valence-electron chi connectivity index (χ2n) is 5.59. The molecule has 0 radical (unpaired) electrons. The van der Waals surface area contributed by atoms with Crippen LogP contribution >= 0.6 is 0 Å². The van der Waals surface area contributed by atoms with Gasteiger partial charge in [-0.25, -0.2) is 0 Å². The van der Waals surface area contributed by atoms with Crippen molar-refractivity contribution in [2.75, 3.05) is 13.7 Å². The molecule has 0 fully saturated rings. The lowest BCUT2D eigenvalue weighted by Crippen LogP contribution is -2.21. The van der Waals surface area contributed by atoms with Gasteiger partial charge >= 0.3 is 0 Å². The lowest BCUT2D eigenvalue weighted by molar-refractivity contribution is 0.0955. The summed E-state index contributed by atoms with van der Waals surface area (Å²) in [5, 5.41) is 3.42. The van der Waals surface area contributed by atoms with Crippen molar-refractivity contribution in [3.05, 3.63) is 29.3 Å². The van der Waals surface area contributed by atoms with Crippen LogP contribution in [0.2, 0.25) is 0 Å². The van der Waals surface area contributed by atoms with Gasteiger partial charge in [0.05, 0.1) is 13.7 Å². The molecule has 0 saturated carbocycles. The molecule has 3 heteroatoms. The van der Waals surface area contributed by atoms with Crippen LogP contribution in [0.25, 0.3) is 0 Å². The van der Waals surface area contributed by atoms with Gasteiger partial charge in [-0.05, 0) is 23.6 Å². The Kier molecular flexibility index (Phi) is 6.89. The van der Waals surface area contributed by atoms with Crippen molar-refractivity contribution in [2.24, 2.45) is 5.92 Å². The smallest absolute Gasteiger partial charge is 0.124 e. The van der Waals surface area contributed by atoms with Crippen molar-refractivity contribution in [2.45, 2.75) is 46.9 Å². The minimum absolute atomic E-state index is 0.489. The summed E-state index contributed by atoms with van der Waals surface area (Å²) in [5.74, 6) is 1.45. The summed E-state index contributed by atoms with van der Waals surface area (Å²) in [6.07, 6.45) is 0. The molecule has 19 heavy (non-hydrogen) atoms. The average Bonchev–Trinajstić information content (AvgIpc) is 2.36. The predicted molar refractivity (Wildman–Crippen MR) is 79.5 cm³/mol. The zero-order valence-corrected chi connectivity index (χ0v) is 12.8. The highest BCUT2D eigenvalue weighted by molar-refractivity contribution is 5.36. The normalized spacial score (nSPS) is 11.3. The van der Waals surface area contributed by atoms with Crippen LogP contribution < -0.4 is 10.1 Å². The van der Waals surface area contributed by atoms with Gasteiger partial charge in [-0.1, -0.05) is 33.8 Å². The fourth-order valence-corrected chi connectivity index (χ4v) is 1.78. The Morgan fingerprint density at radius 2 is 1.89 bits per heavy atom. The van der Waals surface area contributed by atoms with Crippen LogP contribution in [0.4, 0.5) is 0 Å². The van der Waals surface area contributed by atoms with Crippen LogP contribution in [-0.2, 0) is 17.9 Å². The first-order chi connectivity index (χ1) is 9.02. The number of hydrogen-bond donors (Lipinski definition) is 1. The van der Waals surface area contributed by atoms with E-state index in [1.807, 2.05) is 6.07 Å². The average molecular weight is 265 g/mol. The largest absolute Gasteiger partial charge is 0.496 e. The van der Waals surface area contributed by atoms with E-state index in [4.69, 9.17) is 9.47 Å². The van der Waals surface area contributed by atoms with E-state index in [9.17, 15) is 0 Å². The minimum atomic E-state index is 0.489. The van der Waals surface area contributed by atoms with Crippen molar-refractivity contribution < 1.29 is 9.47 Å². The molecule has 0 aromatic heterocycles. The van der Waals surface area contributed by atoms with Crippen LogP contribution in [0.3, 0.4) is 0 Å². The second kappa shape index (κ2) is 8.18. The van der Waals surface area contributed by atoms with Gasteiger partial charge in [-0.3, -0.25) is 0 Å². The Bertz CT molecular complexity index is 375. The highest BCUT2D eigenvalue weighted by Gasteiger charge is 2.06. The molecule has 0 atom stereocenters. The van der Waals surface area contributed by atoms with Crippen molar-refractivity contribution in [1.29, 1.82) is 0 Å². The Balaban J connectivity index is 2.66. The third-order valence-electron chi connectivity index (χ3n) is 2.77. The highest BCUT2D eigenvalue weighted by Crippen LogP contribution is 2.21. The topological polar surface area (TPSA) is 30.5 Å². The molecule has 108 valence electrons. The molecule has 0 bridgehead atoms. The van der Waals surface area contributed by atoms with Crippen LogP contribution in [0.5, 0.6) is 5.75 Å². The van der Waals surface area contributed by atoms with E-state index in [-0.39, 0.29) is 0 Å². The van der Waals surface area contributed by atoms with E-state index < -0.39 is 0 Å². The number of nitrogens with one attached hydrogen (secondary N) is 1. The highest BCUT2D eigenvalue weighted by atomic mass is 16.5. The Hall–Kier alpha value is -1.06. The van der Waals surface area contributed by atoms with Crippen molar-refractivity contribution >= 4 is 0 Å². The minimum Gasteiger partial charge on any atom is -0.496 e. The first kappa shape index (κ1) is 16.0. The molecule has 0 unspecified atom stereocenters. The number of benzene rings is 1. The van der Waals surface area contributed by atoms with E-state index in [1.54, 1.807) is 7.11 Å². The third kappa shape index (κ3) is 6.08. The van der Waals surface area contributed by atoms with Crippen molar-refractivity contribution in [3.8, 4) is 5.75 Å². The van der Waals surface area contributed by atoms with Crippen LogP contribution in [-0.4, -0.2) is 19.8 Å². The van der Waals surface area contributed by atoms with E-state index >= 15 is 0 Å². The molecule has 0 saturated heterocycles. The SMILES string of the molecule is COc1ccc(CNC(C)C)cc1COCC(C)C. The summed E-state index contributed by atoms with van der Waals surface area (Å²) in [7, 11) is 1.70. The maximum atomic E-state index is 5.70. The molecule has 0 amide bonds. The predicted octanol–water partition coefficient (Wildman–Crippen LogP) is 3.37. The lowest BCUT2D eigenvalue weighted by Gasteiger charge is -2.13. The molecule has 0 aliphatic carbocycles. The Morgan fingerprint density at radius 3 is 2.47 bits per heavy atom. The fraction of sp³-hybridized carbons (Fsp3) is 0.625. The van der Waals surface area contributed by atoms with Gasteiger partial charge < -0.3 is 14.8 Å². The Labute approximate surface area is 117 Å². The molecule has 1 aromatic carbocycles. The quantitative estimate of drug-likeness (QED) is 0.781. The lowest BCUT2D eigenvalue weighted by atomic mass is 10.1.